The van der Waals surface area contributed by atoms with Gasteiger partial charge in [0.1, 0.15) is 0 Å². The van der Waals surface area contributed by atoms with E-state index in [2.05, 4.69) is 12.2 Å². The van der Waals surface area contributed by atoms with Crippen LogP contribution in [0, 0.1) is 5.92 Å². The Labute approximate surface area is 95.2 Å². The van der Waals surface area contributed by atoms with Crippen LogP contribution in [0.15, 0.2) is 0 Å². The Morgan fingerprint density at radius 3 is 1.87 bits per heavy atom. The lowest BCUT2D eigenvalue weighted by Crippen LogP contribution is -2.42. The molecule has 1 rings (SSSR count). The van der Waals surface area contributed by atoms with Crippen LogP contribution < -0.4 is 5.32 Å². The number of piperidine rings is 1. The number of carbonyl (C=O) groups is 1. The van der Waals surface area contributed by atoms with Crippen molar-refractivity contribution in [2.24, 2.45) is 5.92 Å². The second kappa shape index (κ2) is 11.3. The van der Waals surface area contributed by atoms with E-state index in [1.165, 1.54) is 0 Å². The lowest BCUT2D eigenvalue weighted by atomic mass is 10.00. The van der Waals surface area contributed by atoms with Gasteiger partial charge in [-0.05, 0) is 18.8 Å². The average molecular weight is 216 g/mol. The van der Waals surface area contributed by atoms with Crippen LogP contribution >= 0.6 is 0 Å². The number of urea groups is 1. The van der Waals surface area contributed by atoms with Crippen LogP contribution in [0.4, 0.5) is 4.79 Å². The summed E-state index contributed by atoms with van der Waals surface area (Å²) in [6, 6.07) is 0.0666. The van der Waals surface area contributed by atoms with Crippen molar-refractivity contribution < 1.29 is 4.79 Å². The molecule has 15 heavy (non-hydrogen) atoms. The number of rotatable bonds is 0. The third-order valence-corrected chi connectivity index (χ3v) is 2.28. The molecule has 0 atom stereocenters. The lowest BCUT2D eigenvalue weighted by molar-refractivity contribution is 0.176. The number of hydrogen-bond acceptors (Lipinski definition) is 1. The number of nitrogens with one attached hydrogen (secondary N) is 1. The molecule has 1 aliphatic rings. The molecule has 1 heterocycles. The van der Waals surface area contributed by atoms with Gasteiger partial charge in [0.25, 0.3) is 0 Å². The molecule has 0 unspecified atom stereocenters. The van der Waals surface area contributed by atoms with Gasteiger partial charge in [-0.3, -0.25) is 0 Å². The molecule has 0 spiro atoms. The van der Waals surface area contributed by atoms with Crippen LogP contribution in [-0.2, 0) is 0 Å². The van der Waals surface area contributed by atoms with E-state index in [1.807, 2.05) is 32.6 Å². The van der Waals surface area contributed by atoms with Gasteiger partial charge in [-0.15, -0.1) is 0 Å². The largest absolute Gasteiger partial charge is 0.341 e. The summed E-state index contributed by atoms with van der Waals surface area (Å²) in [5.74, 6) is 0.788. The first-order valence-electron chi connectivity index (χ1n) is 6.20. The molecule has 0 aromatic rings. The highest BCUT2D eigenvalue weighted by molar-refractivity contribution is 5.73. The summed E-state index contributed by atoms with van der Waals surface area (Å²) >= 11 is 0. The predicted molar refractivity (Wildman–Crippen MR) is 67.1 cm³/mol. The highest BCUT2D eigenvalue weighted by atomic mass is 16.2. The fraction of sp³-hybridized carbons (Fsp3) is 0.917. The Morgan fingerprint density at radius 1 is 1.13 bits per heavy atom. The molecule has 2 amide bonds. The van der Waals surface area contributed by atoms with Gasteiger partial charge in [0.2, 0.25) is 0 Å². The molecule has 0 bridgehead atoms. The summed E-state index contributed by atoms with van der Waals surface area (Å²) in [5.41, 5.74) is 0. The number of nitrogens with zero attached hydrogens (tertiary/aromatic N) is 1. The van der Waals surface area contributed by atoms with Crippen molar-refractivity contribution in [3.8, 4) is 0 Å². The molecular weight excluding hydrogens is 188 g/mol. The van der Waals surface area contributed by atoms with Crippen molar-refractivity contribution in [2.45, 2.75) is 47.5 Å². The normalized spacial score (nSPS) is 15.5. The van der Waals surface area contributed by atoms with E-state index in [1.54, 1.807) is 7.05 Å². The Morgan fingerprint density at radius 2 is 1.53 bits per heavy atom. The second-order valence-electron chi connectivity index (χ2n) is 3.22. The van der Waals surface area contributed by atoms with Crippen LogP contribution in [0.3, 0.4) is 0 Å². The average Bonchev–Trinajstić information content (AvgIpc) is 2.34. The molecule has 1 saturated heterocycles. The first-order chi connectivity index (χ1) is 7.24. The molecule has 0 saturated carbocycles. The zero-order valence-corrected chi connectivity index (χ0v) is 11.3. The minimum Gasteiger partial charge on any atom is -0.341 e. The molecule has 92 valence electrons. The van der Waals surface area contributed by atoms with Crippen molar-refractivity contribution in [3.63, 3.8) is 0 Å². The zero-order valence-electron chi connectivity index (χ0n) is 11.3. The number of amides is 2. The van der Waals surface area contributed by atoms with E-state index in [9.17, 15) is 4.79 Å². The molecule has 1 aliphatic heterocycles. The maximum absolute atomic E-state index is 11.1. The van der Waals surface area contributed by atoms with E-state index in [0.29, 0.717) is 0 Å². The van der Waals surface area contributed by atoms with E-state index >= 15 is 0 Å². The molecule has 0 aromatic heterocycles. The minimum atomic E-state index is 0.0666. The smallest absolute Gasteiger partial charge is 0.317 e. The van der Waals surface area contributed by atoms with Crippen LogP contribution in [0.25, 0.3) is 0 Å². The number of hydrogen-bond donors (Lipinski definition) is 1. The maximum Gasteiger partial charge on any atom is 0.317 e. The fourth-order valence-corrected chi connectivity index (χ4v) is 1.37. The van der Waals surface area contributed by atoms with E-state index in [4.69, 9.17) is 0 Å². The zero-order chi connectivity index (χ0) is 12.3. The summed E-state index contributed by atoms with van der Waals surface area (Å²) in [6.07, 6.45) is 2.29. The van der Waals surface area contributed by atoms with Crippen molar-refractivity contribution in [2.75, 3.05) is 20.1 Å². The minimum absolute atomic E-state index is 0.0666. The van der Waals surface area contributed by atoms with Gasteiger partial charge in [0.15, 0.2) is 0 Å². The summed E-state index contributed by atoms with van der Waals surface area (Å²) in [5, 5.41) is 2.64. The van der Waals surface area contributed by atoms with Crippen molar-refractivity contribution in [1.82, 2.24) is 10.2 Å². The van der Waals surface area contributed by atoms with Gasteiger partial charge in [-0.1, -0.05) is 34.6 Å². The Balaban J connectivity index is 0. The van der Waals surface area contributed by atoms with Gasteiger partial charge < -0.3 is 10.2 Å². The Kier molecular flexibility index (Phi) is 12.6. The quantitative estimate of drug-likeness (QED) is 0.663. The van der Waals surface area contributed by atoms with Gasteiger partial charge in [0.05, 0.1) is 0 Å². The molecule has 0 aromatic carbocycles. The van der Waals surface area contributed by atoms with E-state index < -0.39 is 0 Å². The third kappa shape index (κ3) is 7.23. The summed E-state index contributed by atoms with van der Waals surface area (Å²) in [6.45, 7) is 12.1. The maximum atomic E-state index is 11.1. The molecule has 1 fully saturated rings. The molecule has 1 N–H and O–H groups in total. The van der Waals surface area contributed by atoms with E-state index in [-0.39, 0.29) is 6.03 Å². The third-order valence-electron chi connectivity index (χ3n) is 2.28. The highest BCUT2D eigenvalue weighted by Gasteiger charge is 2.18. The van der Waals surface area contributed by atoms with E-state index in [0.717, 1.165) is 31.8 Å². The molecule has 0 aliphatic carbocycles. The SMILES string of the molecule is CC.CC.CNC(=O)N1CCC(C)CC1. The summed E-state index contributed by atoms with van der Waals surface area (Å²) in [4.78, 5) is 13.0. The van der Waals surface area contributed by atoms with Gasteiger partial charge >= 0.3 is 6.03 Å². The Hall–Kier alpha value is -0.730. The van der Waals surface area contributed by atoms with Crippen LogP contribution in [0.2, 0.25) is 0 Å². The van der Waals surface area contributed by atoms with Crippen LogP contribution in [0.1, 0.15) is 47.5 Å². The topological polar surface area (TPSA) is 32.3 Å². The van der Waals surface area contributed by atoms with Crippen molar-refractivity contribution >= 4 is 6.03 Å². The second-order valence-corrected chi connectivity index (χ2v) is 3.22. The van der Waals surface area contributed by atoms with Crippen LogP contribution in [0.5, 0.6) is 0 Å². The Bertz CT molecular complexity index is 141. The van der Waals surface area contributed by atoms with Crippen molar-refractivity contribution in [1.29, 1.82) is 0 Å². The first kappa shape index (κ1) is 16.7. The predicted octanol–water partition coefficient (Wildman–Crippen LogP) is 3.11. The van der Waals surface area contributed by atoms with Crippen molar-refractivity contribution in [3.05, 3.63) is 0 Å². The standard InChI is InChI=1S/C8H16N2O.2C2H6/c1-7-3-5-10(6-4-7)8(11)9-2;2*1-2/h7H,3-6H2,1-2H3,(H,9,11);2*1-2H3. The first-order valence-corrected chi connectivity index (χ1v) is 6.20. The van der Waals surface area contributed by atoms with Gasteiger partial charge in [-0.2, -0.15) is 0 Å². The molecule has 3 nitrogen and oxygen atoms in total. The van der Waals surface area contributed by atoms with Gasteiger partial charge in [0, 0.05) is 20.1 Å². The number of likely N-dealkylation sites (tertiary alicyclic amines) is 1. The summed E-state index contributed by atoms with van der Waals surface area (Å²) < 4.78 is 0. The fourth-order valence-electron chi connectivity index (χ4n) is 1.37. The lowest BCUT2D eigenvalue weighted by Gasteiger charge is -2.29. The number of carbonyl (C=O) groups excluding carboxylic acids is 1. The molecular formula is C12H28N2O. The monoisotopic (exact) mass is 216 g/mol. The molecule has 0 radical (unpaired) electrons. The molecule has 3 heteroatoms. The van der Waals surface area contributed by atoms with Gasteiger partial charge in [-0.25, -0.2) is 4.79 Å². The highest BCUT2D eigenvalue weighted by Crippen LogP contribution is 2.15. The van der Waals surface area contributed by atoms with Crippen LogP contribution in [-0.4, -0.2) is 31.1 Å². The summed E-state index contributed by atoms with van der Waals surface area (Å²) in [7, 11) is 1.68.